The Bertz CT molecular complexity index is 886. The van der Waals surface area contributed by atoms with Gasteiger partial charge in [0.1, 0.15) is 5.69 Å². The van der Waals surface area contributed by atoms with Crippen LogP contribution in [0.25, 0.3) is 5.65 Å². The summed E-state index contributed by atoms with van der Waals surface area (Å²) in [5, 5.41) is 4.57. The summed E-state index contributed by atoms with van der Waals surface area (Å²) >= 11 is 0. The van der Waals surface area contributed by atoms with Crippen LogP contribution in [0.4, 0.5) is 0 Å². The van der Waals surface area contributed by atoms with E-state index < -0.39 is 0 Å². The van der Waals surface area contributed by atoms with Crippen molar-refractivity contribution in [1.82, 2.24) is 29.0 Å². The molecule has 4 rings (SSSR count). The number of fused-ring (bicyclic) bond motifs is 1. The van der Waals surface area contributed by atoms with Gasteiger partial charge in [-0.05, 0) is 18.6 Å². The van der Waals surface area contributed by atoms with E-state index in [1.54, 1.807) is 27.8 Å². The largest absolute Gasteiger partial charge is 0.379 e. The maximum atomic E-state index is 12.7. The molecular formula is C17H20N6O2. The molecule has 1 amide bonds. The third kappa shape index (κ3) is 3.39. The molecule has 0 radical (unpaired) electrons. The van der Waals surface area contributed by atoms with Gasteiger partial charge < -0.3 is 14.2 Å². The molecule has 1 aliphatic rings. The van der Waals surface area contributed by atoms with Gasteiger partial charge in [0.15, 0.2) is 5.65 Å². The third-order valence-electron chi connectivity index (χ3n) is 4.36. The molecule has 8 heteroatoms. The number of carbonyl (C=O) groups is 1. The van der Waals surface area contributed by atoms with E-state index in [-0.39, 0.29) is 11.8 Å². The quantitative estimate of drug-likeness (QED) is 0.705. The molecule has 4 heterocycles. The summed E-state index contributed by atoms with van der Waals surface area (Å²) in [6, 6.07) is 3.94. The van der Waals surface area contributed by atoms with Crippen molar-refractivity contribution in [3.05, 3.63) is 48.4 Å². The highest BCUT2D eigenvalue weighted by Gasteiger charge is 2.25. The van der Waals surface area contributed by atoms with Crippen LogP contribution in [0, 0.1) is 5.92 Å². The Morgan fingerprint density at radius 2 is 2.28 bits per heavy atom. The average molecular weight is 340 g/mol. The van der Waals surface area contributed by atoms with Gasteiger partial charge >= 0.3 is 0 Å². The second-order valence-corrected chi connectivity index (χ2v) is 6.38. The summed E-state index contributed by atoms with van der Waals surface area (Å²) in [4.78, 5) is 22.9. The van der Waals surface area contributed by atoms with E-state index in [9.17, 15) is 4.79 Å². The first-order chi connectivity index (χ1) is 12.2. The van der Waals surface area contributed by atoms with Gasteiger partial charge in [0, 0.05) is 44.6 Å². The molecule has 0 N–H and O–H groups in total. The number of aromatic nitrogens is 5. The van der Waals surface area contributed by atoms with E-state index in [4.69, 9.17) is 4.74 Å². The van der Waals surface area contributed by atoms with E-state index in [0.29, 0.717) is 32.0 Å². The van der Waals surface area contributed by atoms with Gasteiger partial charge in [-0.3, -0.25) is 4.79 Å². The molecule has 1 atom stereocenters. The number of imidazole rings is 2. The standard InChI is InChI=1S/C17H20N6O2/c1-21-10-15(19-12-21)17(24)22-6-7-25-11-13(9-22)8-14-2-3-16-18-4-5-23(16)20-14/h2-5,10,12-13H,6-9,11H2,1H3. The summed E-state index contributed by atoms with van der Waals surface area (Å²) < 4.78 is 9.26. The Balaban J connectivity index is 1.48. The molecule has 1 unspecified atom stereocenters. The molecule has 1 aliphatic heterocycles. The van der Waals surface area contributed by atoms with Crippen LogP contribution in [0.15, 0.2) is 37.1 Å². The molecule has 8 nitrogen and oxygen atoms in total. The van der Waals surface area contributed by atoms with E-state index in [2.05, 4.69) is 15.1 Å². The smallest absolute Gasteiger partial charge is 0.274 e. The second kappa shape index (κ2) is 6.64. The van der Waals surface area contributed by atoms with Crippen molar-refractivity contribution in [1.29, 1.82) is 0 Å². The molecule has 0 spiro atoms. The molecule has 130 valence electrons. The highest BCUT2D eigenvalue weighted by atomic mass is 16.5. The van der Waals surface area contributed by atoms with E-state index >= 15 is 0 Å². The lowest BCUT2D eigenvalue weighted by atomic mass is 10.0. The first-order valence-corrected chi connectivity index (χ1v) is 8.33. The highest BCUT2D eigenvalue weighted by Crippen LogP contribution is 2.15. The van der Waals surface area contributed by atoms with Crippen LogP contribution in [0.3, 0.4) is 0 Å². The summed E-state index contributed by atoms with van der Waals surface area (Å²) in [5.74, 6) is 0.151. The topological polar surface area (TPSA) is 77.5 Å². The maximum Gasteiger partial charge on any atom is 0.274 e. The Kier molecular flexibility index (Phi) is 4.19. The number of hydrogen-bond acceptors (Lipinski definition) is 5. The minimum atomic E-state index is -0.0471. The van der Waals surface area contributed by atoms with Crippen LogP contribution in [-0.4, -0.2) is 61.3 Å². The molecule has 3 aromatic rings. The minimum absolute atomic E-state index is 0.0471. The lowest BCUT2D eigenvalue weighted by molar-refractivity contribution is 0.0732. The molecule has 0 saturated carbocycles. The van der Waals surface area contributed by atoms with Gasteiger partial charge in [-0.15, -0.1) is 0 Å². The van der Waals surface area contributed by atoms with Gasteiger partial charge in [-0.2, -0.15) is 5.10 Å². The van der Waals surface area contributed by atoms with E-state index in [1.807, 2.05) is 30.3 Å². The predicted molar refractivity (Wildman–Crippen MR) is 90.1 cm³/mol. The fourth-order valence-corrected chi connectivity index (χ4v) is 3.13. The van der Waals surface area contributed by atoms with Crippen molar-refractivity contribution < 1.29 is 9.53 Å². The lowest BCUT2D eigenvalue weighted by Crippen LogP contribution is -2.36. The Morgan fingerprint density at radius 3 is 3.12 bits per heavy atom. The second-order valence-electron chi connectivity index (χ2n) is 6.38. The van der Waals surface area contributed by atoms with Gasteiger partial charge in [-0.25, -0.2) is 14.5 Å². The van der Waals surface area contributed by atoms with Crippen LogP contribution in [0.2, 0.25) is 0 Å². The van der Waals surface area contributed by atoms with Crippen molar-refractivity contribution in [2.45, 2.75) is 6.42 Å². The average Bonchev–Trinajstić information content (AvgIpc) is 3.18. The number of hydrogen-bond donors (Lipinski definition) is 0. The number of ether oxygens (including phenoxy) is 1. The lowest BCUT2D eigenvalue weighted by Gasteiger charge is -2.22. The highest BCUT2D eigenvalue weighted by molar-refractivity contribution is 5.92. The molecule has 3 aromatic heterocycles. The monoisotopic (exact) mass is 340 g/mol. The van der Waals surface area contributed by atoms with Gasteiger partial charge in [0.05, 0.1) is 25.2 Å². The van der Waals surface area contributed by atoms with Crippen molar-refractivity contribution in [3.63, 3.8) is 0 Å². The summed E-state index contributed by atoms with van der Waals surface area (Å²) in [5.41, 5.74) is 2.26. The molecular weight excluding hydrogens is 320 g/mol. The number of aryl methyl sites for hydroxylation is 1. The maximum absolute atomic E-state index is 12.7. The van der Waals surface area contributed by atoms with E-state index in [1.165, 1.54) is 0 Å². The van der Waals surface area contributed by atoms with Gasteiger partial charge in [-0.1, -0.05) is 0 Å². The Labute approximate surface area is 145 Å². The zero-order chi connectivity index (χ0) is 17.2. The van der Waals surface area contributed by atoms with Crippen molar-refractivity contribution in [3.8, 4) is 0 Å². The van der Waals surface area contributed by atoms with Crippen molar-refractivity contribution in [2.24, 2.45) is 13.0 Å². The number of amides is 1. The van der Waals surface area contributed by atoms with Crippen LogP contribution < -0.4 is 0 Å². The molecule has 1 saturated heterocycles. The van der Waals surface area contributed by atoms with Crippen LogP contribution in [-0.2, 0) is 18.2 Å². The minimum Gasteiger partial charge on any atom is -0.379 e. The van der Waals surface area contributed by atoms with E-state index in [0.717, 1.165) is 17.8 Å². The van der Waals surface area contributed by atoms with Crippen molar-refractivity contribution >= 4 is 11.6 Å². The SMILES string of the molecule is Cn1cnc(C(=O)N2CCOCC(Cc3ccc4nccn4n3)C2)c1. The van der Waals surface area contributed by atoms with Crippen molar-refractivity contribution in [2.75, 3.05) is 26.3 Å². The van der Waals surface area contributed by atoms with Crippen LogP contribution in [0.1, 0.15) is 16.2 Å². The Hall–Kier alpha value is -2.74. The van der Waals surface area contributed by atoms with Crippen LogP contribution >= 0.6 is 0 Å². The first kappa shape index (κ1) is 15.8. The number of rotatable bonds is 3. The summed E-state index contributed by atoms with van der Waals surface area (Å²) in [6.07, 6.45) is 7.70. The first-order valence-electron chi connectivity index (χ1n) is 8.33. The molecule has 0 aromatic carbocycles. The summed E-state index contributed by atoms with van der Waals surface area (Å²) in [7, 11) is 1.86. The normalized spacial score (nSPS) is 18.4. The summed E-state index contributed by atoms with van der Waals surface area (Å²) in [6.45, 7) is 2.39. The third-order valence-corrected chi connectivity index (χ3v) is 4.36. The molecule has 1 fully saturated rings. The molecule has 25 heavy (non-hydrogen) atoms. The zero-order valence-corrected chi connectivity index (χ0v) is 14.1. The Morgan fingerprint density at radius 1 is 1.36 bits per heavy atom. The van der Waals surface area contributed by atoms with Crippen LogP contribution in [0.5, 0.6) is 0 Å². The fraction of sp³-hybridized carbons (Fsp3) is 0.412. The predicted octanol–water partition coefficient (Wildman–Crippen LogP) is 0.794. The molecule has 0 aliphatic carbocycles. The number of nitrogens with zero attached hydrogens (tertiary/aromatic N) is 6. The molecule has 0 bridgehead atoms. The van der Waals surface area contributed by atoms with Gasteiger partial charge in [0.25, 0.3) is 5.91 Å². The number of carbonyl (C=O) groups excluding carboxylic acids is 1. The van der Waals surface area contributed by atoms with Gasteiger partial charge in [0.2, 0.25) is 0 Å². The zero-order valence-electron chi connectivity index (χ0n) is 14.1. The fourth-order valence-electron chi connectivity index (χ4n) is 3.13.